The van der Waals surface area contributed by atoms with E-state index in [0.717, 1.165) is 23.6 Å². The fourth-order valence-corrected chi connectivity index (χ4v) is 3.82. The molecule has 0 aliphatic carbocycles. The number of fused-ring (bicyclic) bond motifs is 1. The maximum Gasteiger partial charge on any atom is 0.319 e. The van der Waals surface area contributed by atoms with Gasteiger partial charge in [-0.1, -0.05) is 12.1 Å². The summed E-state index contributed by atoms with van der Waals surface area (Å²) >= 11 is 0. The number of carbonyl (C=O) groups is 2. The molecule has 1 saturated heterocycles. The number of carbonyl (C=O) groups excluding carboxylic acids is 2. The number of hydrogen-bond acceptors (Lipinski definition) is 5. The molecule has 2 aromatic heterocycles. The minimum absolute atomic E-state index is 0.00562. The molecule has 1 atom stereocenters. The number of benzene rings is 1. The maximum absolute atomic E-state index is 12.7. The summed E-state index contributed by atoms with van der Waals surface area (Å²) < 4.78 is 7.08. The van der Waals surface area contributed by atoms with E-state index >= 15 is 0 Å². The number of nitrogens with zero attached hydrogens (tertiary/aromatic N) is 5. The minimum atomic E-state index is -0.180. The molecule has 1 fully saturated rings. The van der Waals surface area contributed by atoms with Gasteiger partial charge in [-0.05, 0) is 36.2 Å². The van der Waals surface area contributed by atoms with Crippen LogP contribution in [0.2, 0.25) is 0 Å². The Morgan fingerprint density at radius 3 is 2.84 bits per heavy atom. The largest absolute Gasteiger partial charge is 0.497 e. The van der Waals surface area contributed by atoms with Gasteiger partial charge in [-0.25, -0.2) is 4.79 Å². The lowest BCUT2D eigenvalue weighted by molar-refractivity contribution is 0.0950. The first-order chi connectivity index (χ1) is 15.0. The topological polar surface area (TPSA) is 92.1 Å². The summed E-state index contributed by atoms with van der Waals surface area (Å²) in [5.74, 6) is 1.42. The monoisotopic (exact) mass is 422 g/mol. The summed E-state index contributed by atoms with van der Waals surface area (Å²) in [6, 6.07) is 11.1. The number of pyridine rings is 1. The van der Waals surface area contributed by atoms with Crippen LogP contribution in [0.3, 0.4) is 0 Å². The van der Waals surface area contributed by atoms with Crippen molar-refractivity contribution in [2.75, 3.05) is 34.3 Å². The van der Waals surface area contributed by atoms with Gasteiger partial charge >= 0.3 is 6.03 Å². The van der Waals surface area contributed by atoms with E-state index in [-0.39, 0.29) is 17.9 Å². The highest BCUT2D eigenvalue weighted by Crippen LogP contribution is 2.27. The summed E-state index contributed by atoms with van der Waals surface area (Å²) in [6.07, 6.45) is 2.58. The zero-order valence-electron chi connectivity index (χ0n) is 17.9. The van der Waals surface area contributed by atoms with Gasteiger partial charge < -0.3 is 19.9 Å². The molecule has 0 spiro atoms. The summed E-state index contributed by atoms with van der Waals surface area (Å²) in [7, 11) is 5.11. The Kier molecular flexibility index (Phi) is 5.75. The van der Waals surface area contributed by atoms with E-state index in [2.05, 4.69) is 15.5 Å². The van der Waals surface area contributed by atoms with Gasteiger partial charge in [0.05, 0.1) is 12.7 Å². The molecule has 1 aliphatic rings. The normalized spacial score (nSPS) is 15.8. The quantitative estimate of drug-likeness (QED) is 0.680. The fourth-order valence-electron chi connectivity index (χ4n) is 3.82. The van der Waals surface area contributed by atoms with Gasteiger partial charge in [0.1, 0.15) is 11.6 Å². The SMILES string of the molecule is COc1cccc(CNC(=O)c2ccc3nnc(C4CCN(C(=O)N(C)C)C4)n3c2)c1. The van der Waals surface area contributed by atoms with Gasteiger partial charge in [-0.2, -0.15) is 0 Å². The Balaban J connectivity index is 1.49. The van der Waals surface area contributed by atoms with Crippen molar-refractivity contribution in [3.8, 4) is 5.75 Å². The molecular formula is C22H26N6O3. The van der Waals surface area contributed by atoms with Crippen LogP contribution in [-0.4, -0.2) is 70.6 Å². The van der Waals surface area contributed by atoms with Crippen LogP contribution in [0.4, 0.5) is 4.79 Å². The number of nitrogens with one attached hydrogen (secondary N) is 1. The average Bonchev–Trinajstić information content (AvgIpc) is 3.43. The number of hydrogen-bond donors (Lipinski definition) is 1. The highest BCUT2D eigenvalue weighted by molar-refractivity contribution is 5.94. The number of rotatable bonds is 5. The lowest BCUT2D eigenvalue weighted by atomic mass is 10.1. The van der Waals surface area contributed by atoms with Crippen LogP contribution in [-0.2, 0) is 6.54 Å². The molecule has 3 amide bonds. The first-order valence-corrected chi connectivity index (χ1v) is 10.2. The third-order valence-corrected chi connectivity index (χ3v) is 5.48. The van der Waals surface area contributed by atoms with E-state index in [0.29, 0.717) is 30.8 Å². The van der Waals surface area contributed by atoms with Gasteiger partial charge in [-0.3, -0.25) is 9.20 Å². The minimum Gasteiger partial charge on any atom is -0.497 e. The van der Waals surface area contributed by atoms with Crippen molar-refractivity contribution >= 4 is 17.6 Å². The molecule has 1 aliphatic heterocycles. The Labute approximate surface area is 180 Å². The molecule has 1 unspecified atom stereocenters. The molecule has 9 nitrogen and oxygen atoms in total. The van der Waals surface area contributed by atoms with Crippen LogP contribution < -0.4 is 10.1 Å². The molecule has 3 heterocycles. The molecule has 4 rings (SSSR count). The smallest absolute Gasteiger partial charge is 0.319 e. The highest BCUT2D eigenvalue weighted by atomic mass is 16.5. The number of urea groups is 1. The molecular weight excluding hydrogens is 396 g/mol. The first kappa shape index (κ1) is 20.6. The van der Waals surface area contributed by atoms with E-state index in [1.807, 2.05) is 33.6 Å². The zero-order chi connectivity index (χ0) is 22.0. The number of likely N-dealkylation sites (tertiary alicyclic amines) is 1. The Bertz CT molecular complexity index is 1110. The number of methoxy groups -OCH3 is 1. The Hall–Kier alpha value is -3.62. The summed E-state index contributed by atoms with van der Waals surface area (Å²) in [5.41, 5.74) is 2.16. The van der Waals surface area contributed by atoms with E-state index in [9.17, 15) is 9.59 Å². The van der Waals surface area contributed by atoms with Crippen molar-refractivity contribution in [1.29, 1.82) is 0 Å². The third-order valence-electron chi connectivity index (χ3n) is 5.48. The van der Waals surface area contributed by atoms with Crippen molar-refractivity contribution in [1.82, 2.24) is 29.7 Å². The highest BCUT2D eigenvalue weighted by Gasteiger charge is 2.31. The predicted octanol–water partition coefficient (Wildman–Crippen LogP) is 2.14. The van der Waals surface area contributed by atoms with Crippen LogP contribution in [0.1, 0.15) is 34.1 Å². The van der Waals surface area contributed by atoms with Crippen molar-refractivity contribution in [3.63, 3.8) is 0 Å². The second kappa shape index (κ2) is 8.63. The Morgan fingerprint density at radius 2 is 2.06 bits per heavy atom. The maximum atomic E-state index is 12.7. The molecule has 31 heavy (non-hydrogen) atoms. The molecule has 9 heteroatoms. The second-order valence-electron chi connectivity index (χ2n) is 7.85. The fraction of sp³-hybridized carbons (Fsp3) is 0.364. The zero-order valence-corrected chi connectivity index (χ0v) is 17.9. The van der Waals surface area contributed by atoms with Gasteiger partial charge in [0.25, 0.3) is 5.91 Å². The van der Waals surface area contributed by atoms with Crippen molar-refractivity contribution in [2.24, 2.45) is 0 Å². The number of aromatic nitrogens is 3. The molecule has 0 bridgehead atoms. The average molecular weight is 422 g/mol. The van der Waals surface area contributed by atoms with Crippen LogP contribution in [0.25, 0.3) is 5.65 Å². The lowest BCUT2D eigenvalue weighted by Gasteiger charge is -2.21. The second-order valence-corrected chi connectivity index (χ2v) is 7.85. The van der Waals surface area contributed by atoms with Gasteiger partial charge in [0, 0.05) is 45.8 Å². The summed E-state index contributed by atoms with van der Waals surface area (Å²) in [4.78, 5) is 28.4. The Morgan fingerprint density at radius 1 is 1.23 bits per heavy atom. The van der Waals surface area contributed by atoms with Crippen molar-refractivity contribution in [3.05, 3.63) is 59.5 Å². The van der Waals surface area contributed by atoms with E-state index < -0.39 is 0 Å². The predicted molar refractivity (Wildman–Crippen MR) is 115 cm³/mol. The number of amides is 3. The van der Waals surface area contributed by atoms with Gasteiger partial charge in [0.2, 0.25) is 0 Å². The lowest BCUT2D eigenvalue weighted by Crippen LogP contribution is -2.37. The summed E-state index contributed by atoms with van der Waals surface area (Å²) in [5, 5.41) is 11.5. The van der Waals surface area contributed by atoms with Crippen LogP contribution in [0.5, 0.6) is 5.75 Å². The van der Waals surface area contributed by atoms with Crippen molar-refractivity contribution in [2.45, 2.75) is 18.9 Å². The standard InChI is InChI=1S/C22H26N6O3/c1-26(2)22(30)27-10-9-16(13-27)20-25-24-19-8-7-17(14-28(19)20)21(29)23-12-15-5-4-6-18(11-15)31-3/h4-8,11,14,16H,9-10,12-13H2,1-3H3,(H,23,29). The van der Waals surface area contributed by atoms with Gasteiger partial charge in [0.15, 0.2) is 5.65 Å². The van der Waals surface area contributed by atoms with Crippen molar-refractivity contribution < 1.29 is 14.3 Å². The van der Waals surface area contributed by atoms with Crippen LogP contribution in [0.15, 0.2) is 42.6 Å². The first-order valence-electron chi connectivity index (χ1n) is 10.2. The molecule has 0 radical (unpaired) electrons. The molecule has 1 aromatic carbocycles. The van der Waals surface area contributed by atoms with Gasteiger partial charge in [-0.15, -0.1) is 10.2 Å². The summed E-state index contributed by atoms with van der Waals surface area (Å²) in [6.45, 7) is 1.66. The molecule has 0 saturated carbocycles. The van der Waals surface area contributed by atoms with Crippen LogP contribution in [0, 0.1) is 0 Å². The van der Waals surface area contributed by atoms with E-state index in [4.69, 9.17) is 4.74 Å². The van der Waals surface area contributed by atoms with Crippen LogP contribution >= 0.6 is 0 Å². The molecule has 1 N–H and O–H groups in total. The van der Waals surface area contributed by atoms with E-state index in [1.54, 1.807) is 44.4 Å². The molecule has 3 aromatic rings. The number of ether oxygens (including phenoxy) is 1. The van der Waals surface area contributed by atoms with E-state index in [1.165, 1.54) is 0 Å². The third kappa shape index (κ3) is 4.30. The molecule has 162 valence electrons.